The molecule has 2 nitrogen and oxygen atoms in total. The highest BCUT2D eigenvalue weighted by Crippen LogP contribution is 2.11. The van der Waals surface area contributed by atoms with Crippen molar-refractivity contribution >= 4 is 0 Å². The first kappa shape index (κ1) is 14.0. The SMILES string of the molecule is CC(C)c1ccccc1.[ClH2+].[O-]O. The lowest BCUT2D eigenvalue weighted by Gasteiger charge is -2.01. The maximum absolute atomic E-state index is 7.25. The molecule has 0 atom stereocenters. The maximum atomic E-state index is 7.25. The molecular weight excluding hydrogens is 176 g/mol. The van der Waals surface area contributed by atoms with E-state index in [-0.39, 0.29) is 12.4 Å². The highest BCUT2D eigenvalue weighted by Gasteiger charge is 1.93. The molecule has 70 valence electrons. The van der Waals surface area contributed by atoms with Crippen LogP contribution in [-0.2, 0) is 0 Å². The van der Waals surface area contributed by atoms with Gasteiger partial charge >= 0.3 is 0 Å². The third kappa shape index (κ3) is 5.13. The summed E-state index contributed by atoms with van der Waals surface area (Å²) in [5.41, 5.74) is 1.41. The van der Waals surface area contributed by atoms with Crippen molar-refractivity contribution in [2.75, 3.05) is 0 Å². The number of hydrogen-bond donors (Lipinski definition) is 1. The normalized spacial score (nSPS) is 8.08. The van der Waals surface area contributed by atoms with Crippen LogP contribution in [0.15, 0.2) is 30.3 Å². The Balaban J connectivity index is 0. The van der Waals surface area contributed by atoms with Gasteiger partial charge in [0.05, 0.1) is 12.4 Å². The van der Waals surface area contributed by atoms with Gasteiger partial charge in [0.15, 0.2) is 0 Å². The lowest BCUT2D eigenvalue weighted by Crippen LogP contribution is -1.84. The summed E-state index contributed by atoms with van der Waals surface area (Å²) in [6.07, 6.45) is 0. The van der Waals surface area contributed by atoms with Gasteiger partial charge in [0.2, 0.25) is 0 Å². The summed E-state index contributed by atoms with van der Waals surface area (Å²) in [7, 11) is 0. The smallest absolute Gasteiger partial charge is 0.0903 e. The van der Waals surface area contributed by atoms with E-state index in [1.165, 1.54) is 5.56 Å². The zero-order chi connectivity index (χ0) is 8.69. The Morgan fingerprint density at radius 2 is 1.50 bits per heavy atom. The predicted octanol–water partition coefficient (Wildman–Crippen LogP) is 1.09. The third-order valence-corrected chi connectivity index (χ3v) is 1.47. The Kier molecular flexibility index (Phi) is 9.93. The molecule has 1 N–H and O–H groups in total. The molecule has 0 bridgehead atoms. The molecular formula is C9H15ClO2. The van der Waals surface area contributed by atoms with Crippen LogP contribution in [0.25, 0.3) is 0 Å². The Morgan fingerprint density at radius 1 is 1.08 bits per heavy atom. The van der Waals surface area contributed by atoms with E-state index in [0.717, 1.165) is 0 Å². The molecule has 0 radical (unpaired) electrons. The van der Waals surface area contributed by atoms with Crippen molar-refractivity contribution in [2.24, 2.45) is 0 Å². The summed E-state index contributed by atoms with van der Waals surface area (Å²) in [6, 6.07) is 10.5. The minimum Gasteiger partial charge on any atom is -0.727 e. The van der Waals surface area contributed by atoms with Crippen LogP contribution in [0.3, 0.4) is 0 Å². The number of hydrogen-bond acceptors (Lipinski definition) is 2. The molecule has 0 aliphatic carbocycles. The van der Waals surface area contributed by atoms with Crippen molar-refractivity contribution in [3.8, 4) is 0 Å². The summed E-state index contributed by atoms with van der Waals surface area (Å²) >= 11 is 0. The first-order chi connectivity index (χ1) is 5.30. The van der Waals surface area contributed by atoms with Crippen LogP contribution >= 0.6 is 0 Å². The monoisotopic (exact) mass is 190 g/mol. The van der Waals surface area contributed by atoms with Gasteiger partial charge < -0.3 is 10.5 Å². The molecule has 0 saturated carbocycles. The van der Waals surface area contributed by atoms with Crippen LogP contribution < -0.4 is 5.26 Å². The third-order valence-electron chi connectivity index (χ3n) is 1.47. The fourth-order valence-electron chi connectivity index (χ4n) is 0.838. The second kappa shape index (κ2) is 8.53. The summed E-state index contributed by atoms with van der Waals surface area (Å²) in [6.45, 7) is 4.41. The highest BCUT2D eigenvalue weighted by atomic mass is 35.5. The summed E-state index contributed by atoms with van der Waals surface area (Å²) in [4.78, 5) is 0. The van der Waals surface area contributed by atoms with Crippen molar-refractivity contribution in [1.29, 1.82) is 0 Å². The molecule has 12 heavy (non-hydrogen) atoms. The molecule has 0 aliphatic rings. The predicted molar refractivity (Wildman–Crippen MR) is 45.9 cm³/mol. The number of halogens is 1. The van der Waals surface area contributed by atoms with Crippen molar-refractivity contribution in [2.45, 2.75) is 19.8 Å². The van der Waals surface area contributed by atoms with Gasteiger partial charge in [0, 0.05) is 0 Å². The zero-order valence-corrected chi connectivity index (χ0v) is 8.16. The van der Waals surface area contributed by atoms with Crippen molar-refractivity contribution in [3.05, 3.63) is 35.9 Å². The molecule has 0 unspecified atom stereocenters. The highest BCUT2D eigenvalue weighted by molar-refractivity contribution is 5.17. The molecule has 0 spiro atoms. The molecule has 0 aliphatic heterocycles. The van der Waals surface area contributed by atoms with E-state index >= 15 is 0 Å². The van der Waals surface area contributed by atoms with E-state index in [4.69, 9.17) is 10.5 Å². The molecule has 1 aromatic rings. The molecule has 1 aromatic carbocycles. The topological polar surface area (TPSA) is 43.3 Å². The van der Waals surface area contributed by atoms with E-state index in [2.05, 4.69) is 38.1 Å². The number of rotatable bonds is 1. The van der Waals surface area contributed by atoms with Crippen molar-refractivity contribution < 1.29 is 22.9 Å². The Hall–Kier alpha value is -0.570. The fourth-order valence-corrected chi connectivity index (χ4v) is 0.838. The molecule has 0 saturated heterocycles. The van der Waals surface area contributed by atoms with Gasteiger partial charge in [0.1, 0.15) is 0 Å². The molecule has 1 rings (SSSR count). The second-order valence-corrected chi connectivity index (χ2v) is 2.57. The van der Waals surface area contributed by atoms with Crippen molar-refractivity contribution in [1.82, 2.24) is 0 Å². The van der Waals surface area contributed by atoms with Crippen molar-refractivity contribution in [3.63, 3.8) is 0 Å². The minimum absolute atomic E-state index is 0. The first-order valence-corrected chi connectivity index (χ1v) is 3.54. The number of benzene rings is 1. The van der Waals surface area contributed by atoms with E-state index in [9.17, 15) is 0 Å². The summed E-state index contributed by atoms with van der Waals surface area (Å²) in [5, 5.41) is 13.0. The standard InChI is InChI=1S/C9H12.ClH2.H2O2/c1-8(2)9-6-4-3-5-7-9;;1-2/h3-8H,1-2H3;1H2;1-2H/q;+1;/p-1. The second-order valence-electron chi connectivity index (χ2n) is 2.57. The van der Waals surface area contributed by atoms with Gasteiger partial charge in [-0.05, 0) is 11.5 Å². The van der Waals surface area contributed by atoms with Crippen LogP contribution in [0.4, 0.5) is 0 Å². The van der Waals surface area contributed by atoms with E-state index in [0.29, 0.717) is 5.92 Å². The van der Waals surface area contributed by atoms with Gasteiger partial charge in [0.25, 0.3) is 0 Å². The van der Waals surface area contributed by atoms with Gasteiger partial charge in [-0.1, -0.05) is 44.2 Å². The lowest BCUT2D eigenvalue weighted by molar-refractivity contribution is -0.670. The van der Waals surface area contributed by atoms with Crippen LogP contribution in [0.2, 0.25) is 0 Å². The summed E-state index contributed by atoms with van der Waals surface area (Å²) in [5.74, 6) is 0.659. The minimum atomic E-state index is 0. The van der Waals surface area contributed by atoms with Crippen LogP contribution in [-0.4, -0.2) is 5.26 Å². The van der Waals surface area contributed by atoms with Crippen LogP contribution in [0, 0.1) is 12.4 Å². The molecule has 0 aromatic heterocycles. The quantitative estimate of drug-likeness (QED) is 0.532. The average molecular weight is 191 g/mol. The Bertz CT molecular complexity index is 175. The molecule has 0 amide bonds. The van der Waals surface area contributed by atoms with Gasteiger partial charge in [-0.3, -0.25) is 0 Å². The van der Waals surface area contributed by atoms with Gasteiger partial charge in [-0.15, -0.1) is 0 Å². The average Bonchev–Trinajstić information content (AvgIpc) is 2.10. The lowest BCUT2D eigenvalue weighted by atomic mass is 10.0. The molecule has 0 fully saturated rings. The van der Waals surface area contributed by atoms with Gasteiger partial charge in [-0.2, -0.15) is 0 Å². The Morgan fingerprint density at radius 3 is 1.75 bits per heavy atom. The maximum Gasteiger partial charge on any atom is 0.0903 e. The molecule has 0 heterocycles. The van der Waals surface area contributed by atoms with E-state index in [1.54, 1.807) is 0 Å². The molecule has 3 heteroatoms. The van der Waals surface area contributed by atoms with Crippen LogP contribution in [0.1, 0.15) is 25.3 Å². The fraction of sp³-hybridized carbons (Fsp3) is 0.333. The van der Waals surface area contributed by atoms with Gasteiger partial charge in [-0.25, -0.2) is 0 Å². The summed E-state index contributed by atoms with van der Waals surface area (Å²) < 4.78 is 0. The van der Waals surface area contributed by atoms with Crippen LogP contribution in [0.5, 0.6) is 0 Å². The van der Waals surface area contributed by atoms with E-state index < -0.39 is 0 Å². The first-order valence-electron chi connectivity index (χ1n) is 3.54. The zero-order valence-electron chi connectivity index (χ0n) is 7.27. The largest absolute Gasteiger partial charge is 0.727 e. The van der Waals surface area contributed by atoms with E-state index in [1.807, 2.05) is 6.07 Å². The Labute approximate surface area is 79.2 Å².